The molecule has 0 radical (unpaired) electrons. The van der Waals surface area contributed by atoms with Gasteiger partial charge in [-0.05, 0) is 71.6 Å². The van der Waals surface area contributed by atoms with E-state index in [4.69, 9.17) is 0 Å². The van der Waals surface area contributed by atoms with Crippen molar-refractivity contribution in [2.24, 2.45) is 0 Å². The van der Waals surface area contributed by atoms with E-state index in [9.17, 15) is 0 Å². The van der Waals surface area contributed by atoms with Gasteiger partial charge in [-0.15, -0.1) is 0 Å². The Labute approximate surface area is 178 Å². The van der Waals surface area contributed by atoms with Gasteiger partial charge in [0.15, 0.2) is 0 Å². The van der Waals surface area contributed by atoms with E-state index in [-0.39, 0.29) is 0 Å². The van der Waals surface area contributed by atoms with Gasteiger partial charge in [0.05, 0.1) is 0 Å². The summed E-state index contributed by atoms with van der Waals surface area (Å²) in [7, 11) is 0. The average molecular weight is 385 g/mol. The number of aryl methyl sites for hydroxylation is 3. The van der Waals surface area contributed by atoms with Crippen molar-refractivity contribution < 1.29 is 0 Å². The van der Waals surface area contributed by atoms with Crippen LogP contribution in [0.25, 0.3) is 22.3 Å². The van der Waals surface area contributed by atoms with Crippen LogP contribution < -0.4 is 0 Å². The lowest BCUT2D eigenvalue weighted by molar-refractivity contribution is 0.715. The zero-order chi connectivity index (χ0) is 20.5. The Bertz CT molecular complexity index is 869. The van der Waals surface area contributed by atoms with E-state index in [2.05, 4.69) is 87.5 Å². The molecule has 0 amide bonds. The van der Waals surface area contributed by atoms with Gasteiger partial charge in [-0.3, -0.25) is 0 Å². The molecule has 0 atom stereocenters. The molecular weight excluding hydrogens is 348 g/mol. The van der Waals surface area contributed by atoms with Gasteiger partial charge in [-0.1, -0.05) is 106 Å². The molecule has 152 valence electrons. The van der Waals surface area contributed by atoms with Gasteiger partial charge < -0.3 is 0 Å². The van der Waals surface area contributed by atoms with Crippen LogP contribution in [-0.2, 0) is 12.8 Å². The number of unbranched alkanes of at least 4 members (excludes halogenated alkanes) is 4. The lowest BCUT2D eigenvalue weighted by Crippen LogP contribution is -1.91. The van der Waals surface area contributed by atoms with Crippen LogP contribution in [-0.4, -0.2) is 0 Å². The zero-order valence-electron chi connectivity index (χ0n) is 18.5. The molecule has 0 aliphatic carbocycles. The van der Waals surface area contributed by atoms with Gasteiger partial charge in [0.25, 0.3) is 0 Å². The lowest BCUT2D eigenvalue weighted by atomic mass is 9.95. The van der Waals surface area contributed by atoms with E-state index in [0.717, 1.165) is 0 Å². The fourth-order valence-electron chi connectivity index (χ4n) is 4.02. The van der Waals surface area contributed by atoms with Crippen molar-refractivity contribution in [1.29, 1.82) is 0 Å². The van der Waals surface area contributed by atoms with Crippen molar-refractivity contribution in [2.75, 3.05) is 0 Å². The normalized spacial score (nSPS) is 11.0. The predicted molar refractivity (Wildman–Crippen MR) is 129 cm³/mol. The number of benzene rings is 3. The molecule has 0 spiro atoms. The van der Waals surface area contributed by atoms with Gasteiger partial charge in [-0.25, -0.2) is 0 Å². The minimum atomic E-state index is 1.20. The zero-order valence-corrected chi connectivity index (χ0v) is 18.5. The highest BCUT2D eigenvalue weighted by Crippen LogP contribution is 2.27. The fourth-order valence-corrected chi connectivity index (χ4v) is 4.02. The molecule has 0 heteroatoms. The second-order valence-electron chi connectivity index (χ2n) is 8.33. The molecule has 0 aliphatic heterocycles. The van der Waals surface area contributed by atoms with Crippen molar-refractivity contribution in [1.82, 2.24) is 0 Å². The highest BCUT2D eigenvalue weighted by molar-refractivity contribution is 5.71. The SMILES string of the molecule is CCCCCc1ccc(-c2ccc(-c3ccc(CCCCC)c(C)c3)cc2)cc1. The van der Waals surface area contributed by atoms with Crippen LogP contribution in [0.5, 0.6) is 0 Å². The Balaban J connectivity index is 1.67. The summed E-state index contributed by atoms with van der Waals surface area (Å²) >= 11 is 0. The molecule has 3 aromatic rings. The van der Waals surface area contributed by atoms with E-state index in [1.165, 1.54) is 90.3 Å². The maximum absolute atomic E-state index is 2.35. The van der Waals surface area contributed by atoms with Crippen LogP contribution in [0.15, 0.2) is 66.7 Å². The third kappa shape index (κ3) is 6.07. The molecule has 0 saturated carbocycles. The summed E-state index contributed by atoms with van der Waals surface area (Å²) in [5, 5.41) is 0. The van der Waals surface area contributed by atoms with E-state index in [1.54, 1.807) is 0 Å². The molecule has 0 aromatic heterocycles. The lowest BCUT2D eigenvalue weighted by Gasteiger charge is -2.10. The third-order valence-electron chi connectivity index (χ3n) is 5.97. The van der Waals surface area contributed by atoms with Crippen molar-refractivity contribution in [3.05, 3.63) is 83.4 Å². The maximum atomic E-state index is 2.35. The molecular formula is C29H36. The van der Waals surface area contributed by atoms with Crippen molar-refractivity contribution in [2.45, 2.75) is 72.1 Å². The predicted octanol–water partition coefficient (Wildman–Crippen LogP) is 8.79. The first kappa shape index (κ1) is 21.4. The molecule has 0 N–H and O–H groups in total. The van der Waals surface area contributed by atoms with E-state index in [0.29, 0.717) is 0 Å². The molecule has 0 unspecified atom stereocenters. The quantitative estimate of drug-likeness (QED) is 0.306. The molecule has 0 heterocycles. The summed E-state index contributed by atoms with van der Waals surface area (Å²) in [5.41, 5.74) is 9.58. The highest BCUT2D eigenvalue weighted by Gasteiger charge is 2.04. The Hall–Kier alpha value is -2.34. The summed E-state index contributed by atoms with van der Waals surface area (Å²) < 4.78 is 0. The first-order valence-electron chi connectivity index (χ1n) is 11.5. The smallest absolute Gasteiger partial charge is 0.0181 e. The largest absolute Gasteiger partial charge is 0.0654 e. The van der Waals surface area contributed by atoms with Gasteiger partial charge in [0.1, 0.15) is 0 Å². The molecule has 0 nitrogen and oxygen atoms in total. The molecule has 0 aliphatic rings. The van der Waals surface area contributed by atoms with Gasteiger partial charge in [0, 0.05) is 0 Å². The van der Waals surface area contributed by atoms with Gasteiger partial charge >= 0.3 is 0 Å². The second kappa shape index (κ2) is 11.0. The second-order valence-corrected chi connectivity index (χ2v) is 8.33. The average Bonchev–Trinajstić information content (AvgIpc) is 2.76. The van der Waals surface area contributed by atoms with Crippen molar-refractivity contribution >= 4 is 0 Å². The van der Waals surface area contributed by atoms with Crippen LogP contribution in [0.2, 0.25) is 0 Å². The molecule has 3 aromatic carbocycles. The van der Waals surface area contributed by atoms with E-state index >= 15 is 0 Å². The summed E-state index contributed by atoms with van der Waals surface area (Å²) in [4.78, 5) is 0. The molecule has 29 heavy (non-hydrogen) atoms. The fraction of sp³-hybridized carbons (Fsp3) is 0.379. The first-order valence-corrected chi connectivity index (χ1v) is 11.5. The highest BCUT2D eigenvalue weighted by atomic mass is 14.1. The Morgan fingerprint density at radius 2 is 1.00 bits per heavy atom. The molecule has 3 rings (SSSR count). The maximum Gasteiger partial charge on any atom is -0.0181 e. The summed E-state index contributed by atoms with van der Waals surface area (Å²) in [6.45, 7) is 6.78. The number of hydrogen-bond donors (Lipinski definition) is 0. The van der Waals surface area contributed by atoms with E-state index < -0.39 is 0 Å². The first-order chi connectivity index (χ1) is 14.2. The van der Waals surface area contributed by atoms with Crippen LogP contribution in [0.1, 0.15) is 69.1 Å². The van der Waals surface area contributed by atoms with Gasteiger partial charge in [-0.2, -0.15) is 0 Å². The van der Waals surface area contributed by atoms with Crippen LogP contribution in [0.3, 0.4) is 0 Å². The van der Waals surface area contributed by atoms with Crippen molar-refractivity contribution in [3.63, 3.8) is 0 Å². The monoisotopic (exact) mass is 384 g/mol. The Kier molecular flexibility index (Phi) is 8.11. The number of rotatable bonds is 10. The van der Waals surface area contributed by atoms with Crippen LogP contribution in [0, 0.1) is 6.92 Å². The summed E-state index contributed by atoms with van der Waals surface area (Å²) in [5.74, 6) is 0. The molecule has 0 bridgehead atoms. The molecule has 0 saturated heterocycles. The van der Waals surface area contributed by atoms with Gasteiger partial charge in [0.2, 0.25) is 0 Å². The Morgan fingerprint density at radius 1 is 0.517 bits per heavy atom. The number of hydrogen-bond acceptors (Lipinski definition) is 0. The standard InChI is InChI=1S/C29H36/c1-4-6-8-10-24-12-14-26(15-13-24)27-17-19-28(20-18-27)29-21-16-25(23(3)22-29)11-9-7-5-2/h12-22H,4-11H2,1-3H3. The topological polar surface area (TPSA) is 0 Å². The minimum Gasteiger partial charge on any atom is -0.0654 e. The van der Waals surface area contributed by atoms with Crippen molar-refractivity contribution in [3.8, 4) is 22.3 Å². The Morgan fingerprint density at radius 3 is 1.55 bits per heavy atom. The molecule has 0 fully saturated rings. The minimum absolute atomic E-state index is 1.20. The summed E-state index contributed by atoms with van der Waals surface area (Å²) in [6.07, 6.45) is 10.2. The van der Waals surface area contributed by atoms with Crippen LogP contribution in [0.4, 0.5) is 0 Å². The van der Waals surface area contributed by atoms with Crippen LogP contribution >= 0.6 is 0 Å². The van der Waals surface area contributed by atoms with E-state index in [1.807, 2.05) is 0 Å². The summed E-state index contributed by atoms with van der Waals surface area (Å²) in [6, 6.07) is 25.1. The third-order valence-corrected chi connectivity index (χ3v) is 5.97.